The Morgan fingerprint density at radius 2 is 2.11 bits per heavy atom. The smallest absolute Gasteiger partial charge is 0.0951 e. The Bertz CT molecular complexity index is 418. The number of hydrogen-bond donors (Lipinski definition) is 1. The van der Waals surface area contributed by atoms with Crippen molar-refractivity contribution in [2.75, 3.05) is 13.1 Å². The number of nitrogens with zero attached hydrogens (tertiary/aromatic N) is 3. The molecule has 2 N–H and O–H groups in total. The van der Waals surface area contributed by atoms with Crippen LogP contribution in [0, 0.1) is 5.92 Å². The molecule has 0 saturated heterocycles. The maximum atomic E-state index is 6.11. The Labute approximate surface area is 116 Å². The fourth-order valence-corrected chi connectivity index (χ4v) is 2.95. The van der Waals surface area contributed by atoms with E-state index in [4.69, 9.17) is 5.73 Å². The molecule has 1 heterocycles. The lowest BCUT2D eigenvalue weighted by molar-refractivity contribution is 0.144. The SMILES string of the molecule is CC(C)N(CC1CC1)C(CN)c1cncn1C1CC1. The molecular formula is C15H26N4. The molecule has 2 saturated carbocycles. The van der Waals surface area contributed by atoms with Gasteiger partial charge in [0.15, 0.2) is 0 Å². The fraction of sp³-hybridized carbons (Fsp3) is 0.800. The Hall–Kier alpha value is -0.870. The Balaban J connectivity index is 1.81. The molecule has 1 atom stereocenters. The Morgan fingerprint density at radius 1 is 1.37 bits per heavy atom. The van der Waals surface area contributed by atoms with Crippen LogP contribution in [0.5, 0.6) is 0 Å². The second-order valence-electron chi connectivity index (χ2n) is 6.44. The summed E-state index contributed by atoms with van der Waals surface area (Å²) in [5.41, 5.74) is 7.42. The first-order valence-corrected chi connectivity index (χ1v) is 7.68. The lowest BCUT2D eigenvalue weighted by atomic mass is 10.1. The second-order valence-corrected chi connectivity index (χ2v) is 6.44. The van der Waals surface area contributed by atoms with Gasteiger partial charge >= 0.3 is 0 Å². The highest BCUT2D eigenvalue weighted by Crippen LogP contribution is 2.39. The molecule has 3 rings (SSSR count). The van der Waals surface area contributed by atoms with Gasteiger partial charge in [-0.25, -0.2) is 4.98 Å². The molecule has 0 aromatic carbocycles. The third-order valence-corrected chi connectivity index (χ3v) is 4.43. The molecule has 1 aromatic heterocycles. The molecule has 2 aliphatic rings. The summed E-state index contributed by atoms with van der Waals surface area (Å²) in [6.07, 6.45) is 9.39. The highest BCUT2D eigenvalue weighted by molar-refractivity contribution is 5.10. The molecule has 0 spiro atoms. The number of hydrogen-bond acceptors (Lipinski definition) is 3. The average molecular weight is 262 g/mol. The van der Waals surface area contributed by atoms with Crippen LogP contribution in [0.25, 0.3) is 0 Å². The largest absolute Gasteiger partial charge is 0.330 e. The molecule has 0 bridgehead atoms. The lowest BCUT2D eigenvalue weighted by Gasteiger charge is -2.34. The molecule has 2 fully saturated rings. The van der Waals surface area contributed by atoms with Crippen LogP contribution >= 0.6 is 0 Å². The molecule has 1 aromatic rings. The van der Waals surface area contributed by atoms with Crippen LogP contribution in [0.2, 0.25) is 0 Å². The summed E-state index contributed by atoms with van der Waals surface area (Å²) < 4.78 is 2.36. The van der Waals surface area contributed by atoms with E-state index in [9.17, 15) is 0 Å². The first-order chi connectivity index (χ1) is 9.20. The van der Waals surface area contributed by atoms with Crippen molar-refractivity contribution < 1.29 is 0 Å². The summed E-state index contributed by atoms with van der Waals surface area (Å²) in [6, 6.07) is 1.54. The van der Waals surface area contributed by atoms with Gasteiger partial charge in [-0.3, -0.25) is 4.90 Å². The van der Waals surface area contributed by atoms with E-state index in [1.54, 1.807) is 0 Å². The molecular weight excluding hydrogens is 236 g/mol. The molecule has 0 radical (unpaired) electrons. The zero-order chi connectivity index (χ0) is 13.4. The van der Waals surface area contributed by atoms with Crippen LogP contribution in [0.4, 0.5) is 0 Å². The van der Waals surface area contributed by atoms with Gasteiger partial charge in [-0.15, -0.1) is 0 Å². The zero-order valence-electron chi connectivity index (χ0n) is 12.1. The van der Waals surface area contributed by atoms with Crippen LogP contribution in [0.3, 0.4) is 0 Å². The quantitative estimate of drug-likeness (QED) is 0.820. The number of rotatable bonds is 7. The lowest BCUT2D eigenvalue weighted by Crippen LogP contribution is -2.40. The van der Waals surface area contributed by atoms with E-state index in [1.807, 2.05) is 12.5 Å². The van der Waals surface area contributed by atoms with Crippen molar-refractivity contribution in [3.05, 3.63) is 18.2 Å². The molecule has 4 heteroatoms. The second kappa shape index (κ2) is 5.25. The van der Waals surface area contributed by atoms with Crippen LogP contribution in [0.15, 0.2) is 12.5 Å². The first-order valence-electron chi connectivity index (χ1n) is 7.68. The zero-order valence-corrected chi connectivity index (χ0v) is 12.1. The fourth-order valence-electron chi connectivity index (χ4n) is 2.95. The minimum Gasteiger partial charge on any atom is -0.330 e. The summed E-state index contributed by atoms with van der Waals surface area (Å²) in [5, 5.41) is 0. The van der Waals surface area contributed by atoms with Crippen LogP contribution in [-0.4, -0.2) is 33.6 Å². The maximum absolute atomic E-state index is 6.11. The molecule has 4 nitrogen and oxygen atoms in total. The van der Waals surface area contributed by atoms with Gasteiger partial charge in [-0.1, -0.05) is 0 Å². The van der Waals surface area contributed by atoms with Crippen molar-refractivity contribution in [2.45, 2.75) is 57.7 Å². The molecule has 0 amide bonds. The van der Waals surface area contributed by atoms with Crippen LogP contribution in [0.1, 0.15) is 57.3 Å². The van der Waals surface area contributed by atoms with Crippen molar-refractivity contribution in [2.24, 2.45) is 11.7 Å². The van der Waals surface area contributed by atoms with E-state index in [-0.39, 0.29) is 0 Å². The van der Waals surface area contributed by atoms with Gasteiger partial charge in [0, 0.05) is 31.4 Å². The van der Waals surface area contributed by atoms with Crippen LogP contribution < -0.4 is 5.73 Å². The van der Waals surface area contributed by atoms with Gasteiger partial charge in [0.05, 0.1) is 18.1 Å². The molecule has 2 aliphatic carbocycles. The highest BCUT2D eigenvalue weighted by atomic mass is 15.2. The molecule has 19 heavy (non-hydrogen) atoms. The molecule has 0 aliphatic heterocycles. The highest BCUT2D eigenvalue weighted by Gasteiger charge is 2.33. The number of nitrogens with two attached hydrogens (primary N) is 1. The van der Waals surface area contributed by atoms with Gasteiger partial charge in [-0.05, 0) is 45.4 Å². The summed E-state index contributed by atoms with van der Waals surface area (Å²) in [6.45, 7) is 6.43. The summed E-state index contributed by atoms with van der Waals surface area (Å²) in [4.78, 5) is 6.95. The van der Waals surface area contributed by atoms with Crippen molar-refractivity contribution in [1.29, 1.82) is 0 Å². The Morgan fingerprint density at radius 3 is 2.63 bits per heavy atom. The van der Waals surface area contributed by atoms with E-state index >= 15 is 0 Å². The van der Waals surface area contributed by atoms with Crippen molar-refractivity contribution >= 4 is 0 Å². The van der Waals surface area contributed by atoms with E-state index in [1.165, 1.54) is 37.9 Å². The van der Waals surface area contributed by atoms with E-state index in [2.05, 4.69) is 28.3 Å². The van der Waals surface area contributed by atoms with Crippen LogP contribution in [-0.2, 0) is 0 Å². The maximum Gasteiger partial charge on any atom is 0.0951 e. The van der Waals surface area contributed by atoms with E-state index in [0.717, 1.165) is 5.92 Å². The van der Waals surface area contributed by atoms with E-state index in [0.29, 0.717) is 24.7 Å². The minimum absolute atomic E-state index is 0.323. The summed E-state index contributed by atoms with van der Waals surface area (Å²) in [7, 11) is 0. The van der Waals surface area contributed by atoms with Gasteiger partial charge in [0.1, 0.15) is 0 Å². The minimum atomic E-state index is 0.323. The van der Waals surface area contributed by atoms with E-state index < -0.39 is 0 Å². The monoisotopic (exact) mass is 262 g/mol. The average Bonchev–Trinajstić information content (AvgIpc) is 3.30. The van der Waals surface area contributed by atoms with Gasteiger partial charge in [0.25, 0.3) is 0 Å². The third-order valence-electron chi connectivity index (χ3n) is 4.43. The van der Waals surface area contributed by atoms with Gasteiger partial charge in [0.2, 0.25) is 0 Å². The molecule has 106 valence electrons. The number of imidazole rings is 1. The Kier molecular flexibility index (Phi) is 3.63. The van der Waals surface area contributed by atoms with Crippen molar-refractivity contribution in [3.63, 3.8) is 0 Å². The molecule has 1 unspecified atom stereocenters. The van der Waals surface area contributed by atoms with Gasteiger partial charge < -0.3 is 10.3 Å². The van der Waals surface area contributed by atoms with Gasteiger partial charge in [-0.2, -0.15) is 0 Å². The number of aromatic nitrogens is 2. The third kappa shape index (κ3) is 2.84. The normalized spacial score (nSPS) is 21.3. The van der Waals surface area contributed by atoms with Crippen molar-refractivity contribution in [3.8, 4) is 0 Å². The predicted molar refractivity (Wildman–Crippen MR) is 76.9 cm³/mol. The standard InChI is InChI=1S/C15H26N4/c1-11(2)18(9-12-3-4-12)14(7-16)15-8-17-10-19(15)13-5-6-13/h8,10-14H,3-7,9,16H2,1-2H3. The summed E-state index contributed by atoms with van der Waals surface area (Å²) in [5.74, 6) is 0.897. The predicted octanol–water partition coefficient (Wildman–Crippen LogP) is 2.34. The topological polar surface area (TPSA) is 47.1 Å². The summed E-state index contributed by atoms with van der Waals surface area (Å²) >= 11 is 0. The van der Waals surface area contributed by atoms with Crippen molar-refractivity contribution in [1.82, 2.24) is 14.5 Å². The first kappa shape index (κ1) is 13.1.